The first-order chi connectivity index (χ1) is 12.0. The minimum Gasteiger partial charge on any atom is -0.449 e. The summed E-state index contributed by atoms with van der Waals surface area (Å²) in [5.41, 5.74) is 2.41. The molecule has 5 nitrogen and oxygen atoms in total. The van der Waals surface area contributed by atoms with Crippen molar-refractivity contribution in [3.05, 3.63) is 53.7 Å². The average molecular weight is 356 g/mol. The van der Waals surface area contributed by atoms with Crippen LogP contribution in [0.1, 0.15) is 29.8 Å². The fourth-order valence-corrected chi connectivity index (χ4v) is 3.62. The zero-order chi connectivity index (χ0) is 18.0. The minimum absolute atomic E-state index is 0.0474. The Hall–Kier alpha value is -2.34. The van der Waals surface area contributed by atoms with Crippen molar-refractivity contribution in [3.8, 4) is 0 Å². The first-order valence-electron chi connectivity index (χ1n) is 8.14. The lowest BCUT2D eigenvalue weighted by molar-refractivity contribution is -0.126. The number of anilines is 1. The molecule has 2 atom stereocenters. The number of esters is 1. The molecule has 2 heterocycles. The van der Waals surface area contributed by atoms with E-state index in [1.807, 2.05) is 37.4 Å². The maximum atomic E-state index is 12.9. The van der Waals surface area contributed by atoms with E-state index in [1.165, 1.54) is 11.8 Å². The number of carbonyl (C=O) groups excluding carboxylic acids is 2. The van der Waals surface area contributed by atoms with Crippen LogP contribution in [0.25, 0.3) is 0 Å². The van der Waals surface area contributed by atoms with Gasteiger partial charge in [0.2, 0.25) is 0 Å². The molecule has 0 spiro atoms. The normalized spacial score (nSPS) is 17.1. The van der Waals surface area contributed by atoms with Gasteiger partial charge in [-0.2, -0.15) is 0 Å². The lowest BCUT2D eigenvalue weighted by atomic mass is 10.1. The zero-order valence-electron chi connectivity index (χ0n) is 14.4. The number of benzene rings is 1. The molecule has 0 radical (unpaired) electrons. The number of nitrogens with zero attached hydrogens (tertiary/aromatic N) is 2. The van der Waals surface area contributed by atoms with Gasteiger partial charge >= 0.3 is 5.97 Å². The molecule has 0 saturated heterocycles. The molecule has 25 heavy (non-hydrogen) atoms. The van der Waals surface area contributed by atoms with Crippen LogP contribution in [0.4, 0.5) is 5.69 Å². The molecule has 6 heteroatoms. The second-order valence-corrected chi connectivity index (χ2v) is 6.79. The summed E-state index contributed by atoms with van der Waals surface area (Å²) in [6, 6.07) is 11.2. The fraction of sp³-hybridized carbons (Fsp3) is 0.316. The third-order valence-electron chi connectivity index (χ3n) is 4.26. The molecule has 0 unspecified atom stereocenters. The van der Waals surface area contributed by atoms with E-state index < -0.39 is 12.1 Å². The largest absolute Gasteiger partial charge is 0.449 e. The summed E-state index contributed by atoms with van der Waals surface area (Å²) >= 11 is 1.37. The van der Waals surface area contributed by atoms with Crippen LogP contribution in [0.2, 0.25) is 0 Å². The van der Waals surface area contributed by atoms with Gasteiger partial charge in [-0.25, -0.2) is 9.78 Å². The van der Waals surface area contributed by atoms with E-state index in [-0.39, 0.29) is 11.9 Å². The van der Waals surface area contributed by atoms with Gasteiger partial charge in [0.25, 0.3) is 5.91 Å². The van der Waals surface area contributed by atoms with Crippen molar-refractivity contribution in [2.24, 2.45) is 0 Å². The van der Waals surface area contributed by atoms with Gasteiger partial charge in [-0.1, -0.05) is 18.2 Å². The minimum atomic E-state index is -0.865. The topological polar surface area (TPSA) is 59.5 Å². The van der Waals surface area contributed by atoms with Crippen LogP contribution in [0.3, 0.4) is 0 Å². The van der Waals surface area contributed by atoms with E-state index in [0.717, 1.165) is 17.7 Å². The molecule has 3 rings (SSSR count). The number of rotatable bonds is 4. The van der Waals surface area contributed by atoms with Gasteiger partial charge in [0, 0.05) is 17.9 Å². The van der Waals surface area contributed by atoms with Gasteiger partial charge in [-0.3, -0.25) is 4.79 Å². The summed E-state index contributed by atoms with van der Waals surface area (Å²) in [6.07, 6.45) is 3.41. The van der Waals surface area contributed by atoms with Crippen LogP contribution in [0, 0.1) is 0 Å². The summed E-state index contributed by atoms with van der Waals surface area (Å²) in [4.78, 5) is 31.2. The molecule has 0 saturated carbocycles. The van der Waals surface area contributed by atoms with Crippen LogP contribution >= 0.6 is 11.8 Å². The van der Waals surface area contributed by atoms with E-state index in [1.54, 1.807) is 30.2 Å². The predicted molar refractivity (Wildman–Crippen MR) is 98.0 cm³/mol. The van der Waals surface area contributed by atoms with Crippen LogP contribution in [-0.4, -0.2) is 35.3 Å². The smallest absolute Gasteiger partial charge is 0.341 e. The Balaban J connectivity index is 1.76. The fourth-order valence-electron chi connectivity index (χ4n) is 3.08. The Morgan fingerprint density at radius 1 is 1.28 bits per heavy atom. The SMILES string of the molecule is CSc1ncccc1C(=O)O[C@@H](C)C(=O)N1c2ccccc2C[C@@H]1C. The number of aromatic nitrogens is 1. The lowest BCUT2D eigenvalue weighted by Crippen LogP contribution is -2.43. The summed E-state index contributed by atoms with van der Waals surface area (Å²) in [5, 5.41) is 0.590. The Kier molecular flexibility index (Phi) is 5.08. The third kappa shape index (κ3) is 3.39. The summed E-state index contributed by atoms with van der Waals surface area (Å²) < 4.78 is 5.43. The number of fused-ring (bicyclic) bond motifs is 1. The lowest BCUT2D eigenvalue weighted by Gasteiger charge is -2.26. The number of hydrogen-bond donors (Lipinski definition) is 0. The predicted octanol–water partition coefficient (Wildman–Crippen LogP) is 3.33. The molecule has 0 N–H and O–H groups in total. The molecule has 0 aliphatic carbocycles. The molecule has 1 aliphatic rings. The van der Waals surface area contributed by atoms with Crippen LogP contribution < -0.4 is 4.90 Å². The molecule has 1 amide bonds. The Labute approximate surface area is 151 Å². The number of thioether (sulfide) groups is 1. The standard InChI is InChI=1S/C19H20N2O3S/c1-12-11-14-7-4-5-9-16(14)21(12)18(22)13(2)24-19(23)15-8-6-10-20-17(15)25-3/h4-10,12-13H,11H2,1-3H3/t12-,13-/m0/s1. The number of ether oxygens (including phenoxy) is 1. The van der Waals surface area contributed by atoms with Gasteiger partial charge < -0.3 is 9.64 Å². The Morgan fingerprint density at radius 2 is 2.04 bits per heavy atom. The van der Waals surface area contributed by atoms with E-state index in [2.05, 4.69) is 4.98 Å². The van der Waals surface area contributed by atoms with E-state index in [4.69, 9.17) is 4.74 Å². The molecule has 1 aromatic heterocycles. The van der Waals surface area contributed by atoms with Gasteiger partial charge in [0.05, 0.1) is 5.56 Å². The number of amides is 1. The van der Waals surface area contributed by atoms with E-state index in [0.29, 0.717) is 10.6 Å². The van der Waals surface area contributed by atoms with Gasteiger partial charge in [-0.05, 0) is 50.3 Å². The van der Waals surface area contributed by atoms with Gasteiger partial charge in [0.15, 0.2) is 6.10 Å². The number of pyridine rings is 1. The zero-order valence-corrected chi connectivity index (χ0v) is 15.2. The van der Waals surface area contributed by atoms with Crippen molar-refractivity contribution in [1.29, 1.82) is 0 Å². The summed E-state index contributed by atoms with van der Waals surface area (Å²) in [5.74, 6) is -0.737. The molecule has 1 aromatic carbocycles. The number of para-hydroxylation sites is 1. The maximum absolute atomic E-state index is 12.9. The highest BCUT2D eigenvalue weighted by molar-refractivity contribution is 7.98. The van der Waals surface area contributed by atoms with Crippen LogP contribution in [-0.2, 0) is 16.0 Å². The second kappa shape index (κ2) is 7.27. The van der Waals surface area contributed by atoms with Crippen molar-refractivity contribution in [2.75, 3.05) is 11.2 Å². The molecular weight excluding hydrogens is 336 g/mol. The maximum Gasteiger partial charge on any atom is 0.341 e. The van der Waals surface area contributed by atoms with Crippen molar-refractivity contribution in [3.63, 3.8) is 0 Å². The number of carbonyl (C=O) groups is 2. The summed E-state index contributed by atoms with van der Waals surface area (Å²) in [7, 11) is 0. The molecule has 2 aromatic rings. The van der Waals surface area contributed by atoms with Gasteiger partial charge in [0.1, 0.15) is 5.03 Å². The van der Waals surface area contributed by atoms with Gasteiger partial charge in [-0.15, -0.1) is 11.8 Å². The highest BCUT2D eigenvalue weighted by Gasteiger charge is 2.34. The van der Waals surface area contributed by atoms with Crippen molar-refractivity contribution in [1.82, 2.24) is 4.98 Å². The molecular formula is C19H20N2O3S. The molecule has 0 bridgehead atoms. The second-order valence-electron chi connectivity index (χ2n) is 6.00. The highest BCUT2D eigenvalue weighted by Crippen LogP contribution is 2.32. The first-order valence-corrected chi connectivity index (χ1v) is 9.36. The molecule has 1 aliphatic heterocycles. The van der Waals surface area contributed by atoms with Crippen molar-refractivity contribution in [2.45, 2.75) is 37.4 Å². The van der Waals surface area contributed by atoms with Crippen LogP contribution in [0.15, 0.2) is 47.6 Å². The van der Waals surface area contributed by atoms with Crippen molar-refractivity contribution < 1.29 is 14.3 Å². The average Bonchev–Trinajstić information content (AvgIpc) is 2.96. The molecule has 130 valence electrons. The first kappa shape index (κ1) is 17.5. The Morgan fingerprint density at radius 3 is 2.80 bits per heavy atom. The Bertz CT molecular complexity index is 809. The monoisotopic (exact) mass is 356 g/mol. The quantitative estimate of drug-likeness (QED) is 0.621. The third-order valence-corrected chi connectivity index (χ3v) is 4.97. The highest BCUT2D eigenvalue weighted by atomic mass is 32.2. The number of hydrogen-bond acceptors (Lipinski definition) is 5. The summed E-state index contributed by atoms with van der Waals surface area (Å²) in [6.45, 7) is 3.61. The van der Waals surface area contributed by atoms with Crippen molar-refractivity contribution >= 4 is 29.3 Å². The van der Waals surface area contributed by atoms with E-state index >= 15 is 0 Å². The molecule has 0 fully saturated rings. The van der Waals surface area contributed by atoms with Crippen LogP contribution in [0.5, 0.6) is 0 Å². The van der Waals surface area contributed by atoms with E-state index in [9.17, 15) is 9.59 Å².